The maximum atomic E-state index is 11.7. The minimum absolute atomic E-state index is 0.218. The SMILES string of the molecule is CCOC(=O)C(C#N)=C1CC[NH+](Cc2ccccc2)CC1. The number of carbonyl (C=O) groups is 1. The van der Waals surface area contributed by atoms with E-state index in [1.165, 1.54) is 10.5 Å². The third kappa shape index (κ3) is 4.17. The number of likely N-dealkylation sites (tertiary alicyclic amines) is 1. The number of ether oxygens (including phenoxy) is 1. The summed E-state index contributed by atoms with van der Waals surface area (Å²) in [6.45, 7) is 4.96. The van der Waals surface area contributed by atoms with Crippen LogP contribution < -0.4 is 4.90 Å². The standard InChI is InChI=1S/C17H20N2O2/c1-2-21-17(20)16(12-18)15-8-10-19(11-9-15)13-14-6-4-3-5-7-14/h3-7H,2,8-11,13H2,1H3/p+1. The second-order valence-corrected chi connectivity index (χ2v) is 5.22. The molecule has 0 spiro atoms. The van der Waals surface area contributed by atoms with Crippen molar-refractivity contribution in [3.05, 3.63) is 47.0 Å². The van der Waals surface area contributed by atoms with Crippen molar-refractivity contribution in [2.75, 3.05) is 19.7 Å². The molecule has 1 aliphatic rings. The molecule has 0 bridgehead atoms. The summed E-state index contributed by atoms with van der Waals surface area (Å²) < 4.78 is 4.94. The van der Waals surface area contributed by atoms with Crippen LogP contribution in [0.15, 0.2) is 41.5 Å². The Hall–Kier alpha value is -2.12. The summed E-state index contributed by atoms with van der Waals surface area (Å²) in [5, 5.41) is 9.16. The van der Waals surface area contributed by atoms with Crippen molar-refractivity contribution >= 4 is 5.97 Å². The molecule has 4 nitrogen and oxygen atoms in total. The van der Waals surface area contributed by atoms with Crippen molar-refractivity contribution in [2.45, 2.75) is 26.3 Å². The maximum Gasteiger partial charge on any atom is 0.348 e. The molecule has 21 heavy (non-hydrogen) atoms. The molecule has 0 unspecified atom stereocenters. The van der Waals surface area contributed by atoms with Crippen LogP contribution in [0.3, 0.4) is 0 Å². The Morgan fingerprint density at radius 1 is 1.29 bits per heavy atom. The van der Waals surface area contributed by atoms with E-state index in [0.717, 1.165) is 38.0 Å². The number of nitrogens with one attached hydrogen (secondary N) is 1. The Morgan fingerprint density at radius 3 is 2.52 bits per heavy atom. The van der Waals surface area contributed by atoms with Crippen LogP contribution in [-0.4, -0.2) is 25.7 Å². The van der Waals surface area contributed by atoms with Crippen LogP contribution in [0.25, 0.3) is 0 Å². The summed E-state index contributed by atoms with van der Waals surface area (Å²) in [6, 6.07) is 12.4. The molecule has 0 aliphatic carbocycles. The summed E-state index contributed by atoms with van der Waals surface area (Å²) in [6.07, 6.45) is 1.59. The second kappa shape index (κ2) is 7.61. The van der Waals surface area contributed by atoms with Gasteiger partial charge in [0.2, 0.25) is 0 Å². The van der Waals surface area contributed by atoms with Crippen LogP contribution in [0.1, 0.15) is 25.3 Å². The van der Waals surface area contributed by atoms with E-state index in [1.54, 1.807) is 6.92 Å². The van der Waals surface area contributed by atoms with Gasteiger partial charge in [0, 0.05) is 18.4 Å². The van der Waals surface area contributed by atoms with Gasteiger partial charge in [0.25, 0.3) is 0 Å². The van der Waals surface area contributed by atoms with Crippen molar-refractivity contribution in [1.29, 1.82) is 5.26 Å². The minimum Gasteiger partial charge on any atom is -0.462 e. The lowest BCUT2D eigenvalue weighted by Gasteiger charge is -2.26. The molecular weight excluding hydrogens is 264 g/mol. The third-order valence-corrected chi connectivity index (χ3v) is 3.80. The summed E-state index contributed by atoms with van der Waals surface area (Å²) in [5.74, 6) is -0.471. The zero-order chi connectivity index (χ0) is 15.1. The summed E-state index contributed by atoms with van der Waals surface area (Å²) in [7, 11) is 0. The molecule has 0 aromatic heterocycles. The molecule has 0 saturated carbocycles. The van der Waals surface area contributed by atoms with Crippen LogP contribution in [-0.2, 0) is 16.1 Å². The van der Waals surface area contributed by atoms with Crippen molar-refractivity contribution in [1.82, 2.24) is 0 Å². The predicted molar refractivity (Wildman–Crippen MR) is 79.3 cm³/mol. The fourth-order valence-corrected chi connectivity index (χ4v) is 2.69. The molecule has 0 atom stereocenters. The lowest BCUT2D eigenvalue weighted by atomic mass is 9.98. The summed E-state index contributed by atoms with van der Waals surface area (Å²) >= 11 is 0. The first kappa shape index (κ1) is 15.3. The van der Waals surface area contributed by atoms with Gasteiger partial charge in [0.05, 0.1) is 19.7 Å². The number of nitriles is 1. The molecule has 1 fully saturated rings. The normalized spacial score (nSPS) is 17.9. The van der Waals surface area contributed by atoms with Gasteiger partial charge in [-0.1, -0.05) is 30.3 Å². The number of piperidine rings is 1. The number of carbonyl (C=O) groups excluding carboxylic acids is 1. The van der Waals surface area contributed by atoms with E-state index in [0.29, 0.717) is 6.61 Å². The Bertz CT molecular complexity index is 548. The first-order valence-corrected chi connectivity index (χ1v) is 7.41. The molecule has 1 aromatic rings. The molecule has 0 amide bonds. The van der Waals surface area contributed by atoms with E-state index >= 15 is 0 Å². The van der Waals surface area contributed by atoms with Crippen molar-refractivity contribution < 1.29 is 14.4 Å². The minimum atomic E-state index is -0.471. The quantitative estimate of drug-likeness (QED) is 0.514. The van der Waals surface area contributed by atoms with Gasteiger partial charge in [0.1, 0.15) is 18.2 Å². The van der Waals surface area contributed by atoms with E-state index in [1.807, 2.05) is 12.1 Å². The highest BCUT2D eigenvalue weighted by Gasteiger charge is 2.23. The van der Waals surface area contributed by atoms with Crippen LogP contribution in [0.5, 0.6) is 0 Å². The van der Waals surface area contributed by atoms with Crippen molar-refractivity contribution in [2.24, 2.45) is 0 Å². The third-order valence-electron chi connectivity index (χ3n) is 3.80. The fourth-order valence-electron chi connectivity index (χ4n) is 2.69. The summed E-state index contributed by atoms with van der Waals surface area (Å²) in [4.78, 5) is 13.2. The molecule has 1 heterocycles. The number of rotatable bonds is 4. The fraction of sp³-hybridized carbons (Fsp3) is 0.412. The number of hydrogen-bond donors (Lipinski definition) is 1. The number of nitrogens with zero attached hydrogens (tertiary/aromatic N) is 1. The van der Waals surface area contributed by atoms with Crippen LogP contribution in [0, 0.1) is 11.3 Å². The molecule has 1 aliphatic heterocycles. The molecule has 0 radical (unpaired) electrons. The molecule has 4 heteroatoms. The second-order valence-electron chi connectivity index (χ2n) is 5.22. The zero-order valence-electron chi connectivity index (χ0n) is 12.4. The molecular formula is C17H21N2O2+. The number of quaternary nitrogens is 1. The topological polar surface area (TPSA) is 54.5 Å². The average Bonchev–Trinajstić information content (AvgIpc) is 2.51. The Kier molecular flexibility index (Phi) is 5.53. The number of esters is 1. The van der Waals surface area contributed by atoms with Gasteiger partial charge in [0.15, 0.2) is 0 Å². The number of benzene rings is 1. The van der Waals surface area contributed by atoms with E-state index < -0.39 is 5.97 Å². The monoisotopic (exact) mass is 285 g/mol. The maximum absolute atomic E-state index is 11.7. The highest BCUT2D eigenvalue weighted by Crippen LogP contribution is 2.15. The summed E-state index contributed by atoms with van der Waals surface area (Å²) in [5.41, 5.74) is 2.49. The molecule has 1 aromatic carbocycles. The van der Waals surface area contributed by atoms with Gasteiger partial charge < -0.3 is 9.64 Å². The van der Waals surface area contributed by atoms with Crippen LogP contribution in [0.2, 0.25) is 0 Å². The van der Waals surface area contributed by atoms with E-state index in [-0.39, 0.29) is 5.57 Å². The molecule has 1 saturated heterocycles. The first-order valence-electron chi connectivity index (χ1n) is 7.41. The van der Waals surface area contributed by atoms with Gasteiger partial charge in [-0.15, -0.1) is 0 Å². The van der Waals surface area contributed by atoms with E-state index in [9.17, 15) is 4.79 Å². The molecule has 1 N–H and O–H groups in total. The van der Waals surface area contributed by atoms with Gasteiger partial charge in [-0.3, -0.25) is 0 Å². The van der Waals surface area contributed by atoms with Crippen molar-refractivity contribution in [3.8, 4) is 6.07 Å². The molecule has 110 valence electrons. The van der Waals surface area contributed by atoms with Gasteiger partial charge in [-0.05, 0) is 12.5 Å². The Balaban J connectivity index is 1.96. The van der Waals surface area contributed by atoms with E-state index in [2.05, 4.69) is 24.3 Å². The zero-order valence-corrected chi connectivity index (χ0v) is 12.4. The Labute approximate surface area is 125 Å². The van der Waals surface area contributed by atoms with Crippen LogP contribution in [0.4, 0.5) is 0 Å². The highest BCUT2D eigenvalue weighted by atomic mass is 16.5. The first-order chi connectivity index (χ1) is 10.2. The average molecular weight is 285 g/mol. The predicted octanol–water partition coefficient (Wildman–Crippen LogP) is 1.25. The highest BCUT2D eigenvalue weighted by molar-refractivity contribution is 5.93. The van der Waals surface area contributed by atoms with Gasteiger partial charge >= 0.3 is 5.97 Å². The Morgan fingerprint density at radius 2 is 1.95 bits per heavy atom. The molecule has 2 rings (SSSR count). The number of hydrogen-bond acceptors (Lipinski definition) is 3. The lowest BCUT2D eigenvalue weighted by molar-refractivity contribution is -0.916. The van der Waals surface area contributed by atoms with Crippen LogP contribution >= 0.6 is 0 Å². The van der Waals surface area contributed by atoms with Gasteiger partial charge in [-0.2, -0.15) is 5.26 Å². The lowest BCUT2D eigenvalue weighted by Crippen LogP contribution is -3.11. The largest absolute Gasteiger partial charge is 0.462 e. The van der Waals surface area contributed by atoms with Gasteiger partial charge in [-0.25, -0.2) is 4.79 Å². The van der Waals surface area contributed by atoms with E-state index in [4.69, 9.17) is 10.00 Å². The van der Waals surface area contributed by atoms with Crippen molar-refractivity contribution in [3.63, 3.8) is 0 Å². The smallest absolute Gasteiger partial charge is 0.348 e.